The summed E-state index contributed by atoms with van der Waals surface area (Å²) in [4.78, 5) is 19.1. The number of nitrogens with one attached hydrogen (secondary N) is 1. The third-order valence-electron chi connectivity index (χ3n) is 1.92. The quantitative estimate of drug-likeness (QED) is 0.754. The maximum absolute atomic E-state index is 10.9. The molecule has 0 aromatic carbocycles. The van der Waals surface area contributed by atoms with Crippen molar-refractivity contribution in [3.8, 4) is 0 Å². The summed E-state index contributed by atoms with van der Waals surface area (Å²) in [5.41, 5.74) is -0.291. The molecule has 0 bridgehead atoms. The number of H-pyrrole nitrogens is 1. The zero-order valence-corrected chi connectivity index (χ0v) is 8.08. The Morgan fingerprint density at radius 2 is 2.38 bits per heavy atom. The highest BCUT2D eigenvalue weighted by atomic mass is 16.1. The van der Waals surface area contributed by atoms with Crippen molar-refractivity contribution in [3.05, 3.63) is 22.7 Å². The molecule has 0 aliphatic rings. The number of hydrogen-bond acceptors (Lipinski definition) is 3. The topological polar surface area (TPSA) is 49.0 Å². The van der Waals surface area contributed by atoms with Crippen LogP contribution >= 0.6 is 0 Å². The first kappa shape index (κ1) is 9.77. The minimum Gasteiger partial charge on any atom is -0.361 e. The van der Waals surface area contributed by atoms with Crippen molar-refractivity contribution in [1.82, 2.24) is 9.97 Å². The fraction of sp³-hybridized carbons (Fsp3) is 0.556. The lowest BCUT2D eigenvalue weighted by Crippen LogP contribution is -2.23. The predicted molar refractivity (Wildman–Crippen MR) is 53.0 cm³/mol. The SMILES string of the molecule is CCCCN(C)c1ccnc(=O)[nH]1. The average Bonchev–Trinajstić information content (AvgIpc) is 2.14. The Morgan fingerprint density at radius 3 is 3.00 bits per heavy atom. The van der Waals surface area contributed by atoms with Crippen molar-refractivity contribution in [2.45, 2.75) is 19.8 Å². The van der Waals surface area contributed by atoms with Crippen molar-refractivity contribution in [2.75, 3.05) is 18.5 Å². The van der Waals surface area contributed by atoms with Crippen molar-refractivity contribution in [1.29, 1.82) is 0 Å². The Labute approximate surface area is 77.6 Å². The second-order valence-electron chi connectivity index (χ2n) is 3.04. The second-order valence-corrected chi connectivity index (χ2v) is 3.04. The molecule has 4 heteroatoms. The summed E-state index contributed by atoms with van der Waals surface area (Å²) >= 11 is 0. The van der Waals surface area contributed by atoms with Crippen LogP contribution in [-0.2, 0) is 0 Å². The van der Waals surface area contributed by atoms with E-state index in [4.69, 9.17) is 0 Å². The first-order valence-electron chi connectivity index (χ1n) is 4.50. The van der Waals surface area contributed by atoms with Crippen LogP contribution in [0.3, 0.4) is 0 Å². The molecule has 0 radical (unpaired) electrons. The minimum atomic E-state index is -0.291. The van der Waals surface area contributed by atoms with Gasteiger partial charge in [-0.2, -0.15) is 0 Å². The van der Waals surface area contributed by atoms with Gasteiger partial charge in [-0.05, 0) is 12.5 Å². The van der Waals surface area contributed by atoms with Crippen LogP contribution in [0.4, 0.5) is 5.82 Å². The second kappa shape index (κ2) is 4.64. The smallest absolute Gasteiger partial charge is 0.346 e. The van der Waals surface area contributed by atoms with E-state index in [9.17, 15) is 4.79 Å². The molecule has 0 aliphatic carbocycles. The Morgan fingerprint density at radius 1 is 1.62 bits per heavy atom. The number of unbranched alkanes of at least 4 members (excludes halogenated alkanes) is 1. The molecule has 0 fully saturated rings. The van der Waals surface area contributed by atoms with E-state index in [0.29, 0.717) is 0 Å². The average molecular weight is 181 g/mol. The fourth-order valence-corrected chi connectivity index (χ4v) is 1.10. The highest BCUT2D eigenvalue weighted by Gasteiger charge is 1.99. The Hall–Kier alpha value is -1.32. The van der Waals surface area contributed by atoms with Gasteiger partial charge in [0.05, 0.1) is 0 Å². The van der Waals surface area contributed by atoms with E-state index in [0.717, 1.165) is 25.2 Å². The van der Waals surface area contributed by atoms with E-state index in [2.05, 4.69) is 16.9 Å². The molecular formula is C9H15N3O. The highest BCUT2D eigenvalue weighted by Crippen LogP contribution is 2.04. The van der Waals surface area contributed by atoms with E-state index in [1.165, 1.54) is 6.20 Å². The number of anilines is 1. The van der Waals surface area contributed by atoms with Crippen molar-refractivity contribution >= 4 is 5.82 Å². The third-order valence-corrected chi connectivity index (χ3v) is 1.92. The number of aromatic amines is 1. The van der Waals surface area contributed by atoms with Gasteiger partial charge in [0, 0.05) is 19.8 Å². The molecule has 1 N–H and O–H groups in total. The van der Waals surface area contributed by atoms with Gasteiger partial charge in [-0.3, -0.25) is 4.98 Å². The van der Waals surface area contributed by atoms with Crippen LogP contribution in [0.15, 0.2) is 17.1 Å². The Balaban J connectivity index is 2.65. The van der Waals surface area contributed by atoms with Crippen molar-refractivity contribution < 1.29 is 0 Å². The summed E-state index contributed by atoms with van der Waals surface area (Å²) in [6.07, 6.45) is 3.80. The Kier molecular flexibility index (Phi) is 3.49. The third kappa shape index (κ3) is 2.89. The van der Waals surface area contributed by atoms with E-state index in [-0.39, 0.29) is 5.69 Å². The van der Waals surface area contributed by atoms with Gasteiger partial charge in [-0.15, -0.1) is 0 Å². The monoisotopic (exact) mass is 181 g/mol. The lowest BCUT2D eigenvalue weighted by atomic mass is 10.3. The highest BCUT2D eigenvalue weighted by molar-refractivity contribution is 5.34. The summed E-state index contributed by atoms with van der Waals surface area (Å²) in [5.74, 6) is 0.827. The molecule has 0 spiro atoms. The van der Waals surface area contributed by atoms with Crippen LogP contribution in [0.1, 0.15) is 19.8 Å². The van der Waals surface area contributed by atoms with Gasteiger partial charge in [0.25, 0.3) is 0 Å². The first-order chi connectivity index (χ1) is 6.24. The Bertz CT molecular complexity index is 308. The zero-order valence-electron chi connectivity index (χ0n) is 8.08. The molecule has 0 saturated heterocycles. The molecule has 72 valence electrons. The molecule has 0 amide bonds. The van der Waals surface area contributed by atoms with E-state index in [1.54, 1.807) is 6.07 Å². The number of rotatable bonds is 4. The van der Waals surface area contributed by atoms with Gasteiger partial charge < -0.3 is 4.90 Å². The maximum atomic E-state index is 10.9. The summed E-state index contributed by atoms with van der Waals surface area (Å²) in [6.45, 7) is 3.10. The lowest BCUT2D eigenvalue weighted by Gasteiger charge is -2.17. The molecule has 0 aliphatic heterocycles. The number of aromatic nitrogens is 2. The van der Waals surface area contributed by atoms with E-state index in [1.807, 2.05) is 11.9 Å². The van der Waals surface area contributed by atoms with Gasteiger partial charge in [0.2, 0.25) is 0 Å². The molecule has 13 heavy (non-hydrogen) atoms. The van der Waals surface area contributed by atoms with E-state index >= 15 is 0 Å². The molecular weight excluding hydrogens is 166 g/mol. The molecule has 1 aromatic rings. The molecule has 1 rings (SSSR count). The van der Waals surface area contributed by atoms with Crippen LogP contribution < -0.4 is 10.6 Å². The number of nitrogens with zero attached hydrogens (tertiary/aromatic N) is 2. The summed E-state index contributed by atoms with van der Waals surface area (Å²) in [7, 11) is 1.96. The van der Waals surface area contributed by atoms with Crippen LogP contribution in [0, 0.1) is 0 Å². The molecule has 1 heterocycles. The van der Waals surface area contributed by atoms with Gasteiger partial charge >= 0.3 is 5.69 Å². The molecule has 0 unspecified atom stereocenters. The maximum Gasteiger partial charge on any atom is 0.346 e. The van der Waals surface area contributed by atoms with Gasteiger partial charge in [0.1, 0.15) is 5.82 Å². The summed E-state index contributed by atoms with van der Waals surface area (Å²) in [5, 5.41) is 0. The van der Waals surface area contributed by atoms with E-state index < -0.39 is 0 Å². The van der Waals surface area contributed by atoms with Gasteiger partial charge in [-0.25, -0.2) is 9.78 Å². The lowest BCUT2D eigenvalue weighted by molar-refractivity contribution is 0.756. The molecule has 0 saturated carbocycles. The molecule has 1 aromatic heterocycles. The minimum absolute atomic E-state index is 0.291. The van der Waals surface area contributed by atoms with Crippen LogP contribution in [0.2, 0.25) is 0 Å². The zero-order chi connectivity index (χ0) is 9.68. The van der Waals surface area contributed by atoms with Gasteiger partial charge in [0.15, 0.2) is 0 Å². The normalized spacial score (nSPS) is 10.0. The number of hydrogen-bond donors (Lipinski definition) is 1. The molecule has 0 atom stereocenters. The van der Waals surface area contributed by atoms with Crippen molar-refractivity contribution in [2.24, 2.45) is 0 Å². The fourth-order valence-electron chi connectivity index (χ4n) is 1.10. The first-order valence-corrected chi connectivity index (χ1v) is 4.50. The largest absolute Gasteiger partial charge is 0.361 e. The van der Waals surface area contributed by atoms with Crippen LogP contribution in [0.25, 0.3) is 0 Å². The van der Waals surface area contributed by atoms with Crippen molar-refractivity contribution in [3.63, 3.8) is 0 Å². The van der Waals surface area contributed by atoms with Crippen LogP contribution in [0.5, 0.6) is 0 Å². The predicted octanol–water partition coefficient (Wildman–Crippen LogP) is 1.01. The molecule has 4 nitrogen and oxygen atoms in total. The summed E-state index contributed by atoms with van der Waals surface area (Å²) in [6, 6.07) is 1.80. The summed E-state index contributed by atoms with van der Waals surface area (Å²) < 4.78 is 0. The van der Waals surface area contributed by atoms with Gasteiger partial charge in [-0.1, -0.05) is 13.3 Å². The van der Waals surface area contributed by atoms with Crippen LogP contribution in [-0.4, -0.2) is 23.6 Å². The standard InChI is InChI=1S/C9H15N3O/c1-3-4-7-12(2)8-5-6-10-9(13)11-8/h5-6H,3-4,7H2,1-2H3,(H,10,11,13).